The number of benzene rings is 1. The van der Waals surface area contributed by atoms with Gasteiger partial charge in [-0.2, -0.15) is 4.98 Å². The van der Waals surface area contributed by atoms with E-state index in [0.29, 0.717) is 0 Å². The molecule has 3 rings (SSSR count). The second-order valence-corrected chi connectivity index (χ2v) is 6.98. The smallest absolute Gasteiger partial charge is 0.232 e. The Bertz CT molecular complexity index is 605. The molecule has 4 nitrogen and oxygen atoms in total. The van der Waals surface area contributed by atoms with Crippen LogP contribution in [0, 0.1) is 6.92 Å². The highest BCUT2D eigenvalue weighted by Gasteiger charge is 2.34. The first kappa shape index (κ1) is 14.6. The van der Waals surface area contributed by atoms with Crippen molar-refractivity contribution in [2.24, 2.45) is 0 Å². The van der Waals surface area contributed by atoms with Crippen molar-refractivity contribution in [1.82, 2.24) is 15.5 Å². The number of aryl methyl sites for hydroxylation is 1. The molecule has 112 valence electrons. The molecular weight excluding hydrogens is 282 g/mol. The molecule has 1 aromatic carbocycles. The van der Waals surface area contributed by atoms with E-state index in [1.54, 1.807) is 11.8 Å². The van der Waals surface area contributed by atoms with Gasteiger partial charge in [-0.1, -0.05) is 29.8 Å². The lowest BCUT2D eigenvalue weighted by atomic mass is 9.81. The molecule has 1 N–H and O–H groups in total. The molecule has 0 amide bonds. The molecule has 1 aliphatic rings. The molecule has 0 unspecified atom stereocenters. The van der Waals surface area contributed by atoms with Gasteiger partial charge < -0.3 is 9.84 Å². The van der Waals surface area contributed by atoms with Crippen LogP contribution in [0.3, 0.4) is 0 Å². The summed E-state index contributed by atoms with van der Waals surface area (Å²) >= 11 is 1.75. The number of piperidine rings is 1. The zero-order valence-corrected chi connectivity index (χ0v) is 13.4. The first-order valence-electron chi connectivity index (χ1n) is 7.39. The van der Waals surface area contributed by atoms with Crippen LogP contribution in [0.1, 0.15) is 37.0 Å². The van der Waals surface area contributed by atoms with Crippen LogP contribution in [0.4, 0.5) is 0 Å². The maximum atomic E-state index is 5.52. The number of hydrogen-bond donors (Lipinski definition) is 1. The van der Waals surface area contributed by atoms with Gasteiger partial charge in [0.15, 0.2) is 5.82 Å². The van der Waals surface area contributed by atoms with E-state index in [9.17, 15) is 0 Å². The molecule has 0 atom stereocenters. The molecule has 1 aromatic heterocycles. The van der Waals surface area contributed by atoms with Crippen molar-refractivity contribution < 1.29 is 4.52 Å². The van der Waals surface area contributed by atoms with Crippen LogP contribution in [0.25, 0.3) is 0 Å². The van der Waals surface area contributed by atoms with Crippen molar-refractivity contribution in [3.05, 3.63) is 41.5 Å². The molecule has 1 saturated heterocycles. The Labute approximate surface area is 129 Å². The van der Waals surface area contributed by atoms with E-state index >= 15 is 0 Å². The fourth-order valence-electron chi connectivity index (χ4n) is 2.60. The molecular formula is C16H21N3OS. The fourth-order valence-corrected chi connectivity index (χ4v) is 3.46. The summed E-state index contributed by atoms with van der Waals surface area (Å²) in [6, 6.07) is 8.48. The standard InChI is InChI=1S/C16H21N3OS/c1-12-4-3-5-13(10-12)21-11-14-18-15(20-19-14)16(2)6-8-17-9-7-16/h3-5,10,17H,6-9,11H2,1-2H3. The third-order valence-corrected chi connectivity index (χ3v) is 5.04. The molecule has 1 fully saturated rings. The second-order valence-electron chi connectivity index (χ2n) is 5.93. The maximum absolute atomic E-state index is 5.52. The van der Waals surface area contributed by atoms with Crippen LogP contribution in [0.2, 0.25) is 0 Å². The molecule has 0 radical (unpaired) electrons. The van der Waals surface area contributed by atoms with Crippen molar-refractivity contribution in [3.8, 4) is 0 Å². The van der Waals surface area contributed by atoms with Crippen molar-refractivity contribution in [3.63, 3.8) is 0 Å². The first-order chi connectivity index (χ1) is 10.2. The van der Waals surface area contributed by atoms with Gasteiger partial charge in [-0.15, -0.1) is 11.8 Å². The molecule has 21 heavy (non-hydrogen) atoms. The van der Waals surface area contributed by atoms with Gasteiger partial charge in [-0.05, 0) is 45.0 Å². The highest BCUT2D eigenvalue weighted by molar-refractivity contribution is 7.98. The van der Waals surface area contributed by atoms with Crippen LogP contribution in [0.5, 0.6) is 0 Å². The predicted octanol–water partition coefficient (Wildman–Crippen LogP) is 3.31. The molecule has 0 bridgehead atoms. The van der Waals surface area contributed by atoms with E-state index in [-0.39, 0.29) is 5.41 Å². The van der Waals surface area contributed by atoms with Gasteiger partial charge in [0.2, 0.25) is 5.89 Å². The number of nitrogens with one attached hydrogen (secondary N) is 1. The predicted molar refractivity (Wildman–Crippen MR) is 84.5 cm³/mol. The van der Waals surface area contributed by atoms with Crippen molar-refractivity contribution in [2.75, 3.05) is 13.1 Å². The van der Waals surface area contributed by atoms with Crippen LogP contribution in [0.15, 0.2) is 33.7 Å². The lowest BCUT2D eigenvalue weighted by Crippen LogP contribution is -2.37. The Morgan fingerprint density at radius 3 is 2.90 bits per heavy atom. The number of thioether (sulfide) groups is 1. The summed E-state index contributed by atoms with van der Waals surface area (Å²) in [5, 5.41) is 7.52. The van der Waals surface area contributed by atoms with Gasteiger partial charge in [0.05, 0.1) is 5.75 Å². The summed E-state index contributed by atoms with van der Waals surface area (Å²) in [6.07, 6.45) is 2.11. The van der Waals surface area contributed by atoms with E-state index in [2.05, 4.69) is 53.6 Å². The topological polar surface area (TPSA) is 51.0 Å². The molecule has 5 heteroatoms. The summed E-state index contributed by atoms with van der Waals surface area (Å²) in [5.41, 5.74) is 1.31. The van der Waals surface area contributed by atoms with E-state index in [0.717, 1.165) is 43.4 Å². The number of aromatic nitrogens is 2. The van der Waals surface area contributed by atoms with Gasteiger partial charge in [-0.3, -0.25) is 0 Å². The van der Waals surface area contributed by atoms with E-state index in [4.69, 9.17) is 4.52 Å². The number of hydrogen-bond acceptors (Lipinski definition) is 5. The minimum absolute atomic E-state index is 0.0322. The fraction of sp³-hybridized carbons (Fsp3) is 0.500. The Hall–Kier alpha value is -1.33. The Kier molecular flexibility index (Phi) is 4.31. The van der Waals surface area contributed by atoms with Crippen molar-refractivity contribution in [1.29, 1.82) is 0 Å². The molecule has 2 heterocycles. The van der Waals surface area contributed by atoms with E-state index in [1.807, 2.05) is 0 Å². The third kappa shape index (κ3) is 3.47. The summed E-state index contributed by atoms with van der Waals surface area (Å²) in [7, 11) is 0. The van der Waals surface area contributed by atoms with Gasteiger partial charge in [0.1, 0.15) is 0 Å². The van der Waals surface area contributed by atoms with Crippen molar-refractivity contribution in [2.45, 2.75) is 42.8 Å². The SMILES string of the molecule is Cc1cccc(SCc2noc(C3(C)CCNCC3)n2)c1. The lowest BCUT2D eigenvalue weighted by molar-refractivity contribution is 0.240. The number of rotatable bonds is 4. The highest BCUT2D eigenvalue weighted by Crippen LogP contribution is 2.32. The molecule has 0 saturated carbocycles. The quantitative estimate of drug-likeness (QED) is 0.878. The summed E-state index contributed by atoms with van der Waals surface area (Å²) in [4.78, 5) is 5.86. The Morgan fingerprint density at radius 1 is 1.33 bits per heavy atom. The Morgan fingerprint density at radius 2 is 2.14 bits per heavy atom. The zero-order valence-electron chi connectivity index (χ0n) is 12.6. The lowest BCUT2D eigenvalue weighted by Gasteiger charge is -2.30. The first-order valence-corrected chi connectivity index (χ1v) is 8.38. The molecule has 0 aliphatic carbocycles. The molecule has 2 aromatic rings. The van der Waals surface area contributed by atoms with Gasteiger partial charge >= 0.3 is 0 Å². The average molecular weight is 303 g/mol. The maximum Gasteiger partial charge on any atom is 0.232 e. The van der Waals surface area contributed by atoms with E-state index < -0.39 is 0 Å². The monoisotopic (exact) mass is 303 g/mol. The number of nitrogens with zero attached hydrogens (tertiary/aromatic N) is 2. The minimum atomic E-state index is 0.0322. The summed E-state index contributed by atoms with van der Waals surface area (Å²) in [6.45, 7) is 6.37. The largest absolute Gasteiger partial charge is 0.339 e. The zero-order chi connectivity index (χ0) is 14.7. The van der Waals surface area contributed by atoms with Crippen LogP contribution in [-0.4, -0.2) is 23.2 Å². The minimum Gasteiger partial charge on any atom is -0.339 e. The normalized spacial score (nSPS) is 17.8. The van der Waals surface area contributed by atoms with Gasteiger partial charge in [0.25, 0.3) is 0 Å². The summed E-state index contributed by atoms with van der Waals surface area (Å²) in [5.74, 6) is 2.33. The Balaban J connectivity index is 1.65. The molecule has 1 aliphatic heterocycles. The van der Waals surface area contributed by atoms with Crippen LogP contribution in [-0.2, 0) is 11.2 Å². The van der Waals surface area contributed by atoms with E-state index in [1.165, 1.54) is 10.5 Å². The van der Waals surface area contributed by atoms with Crippen LogP contribution >= 0.6 is 11.8 Å². The van der Waals surface area contributed by atoms with Crippen molar-refractivity contribution >= 4 is 11.8 Å². The highest BCUT2D eigenvalue weighted by atomic mass is 32.2. The van der Waals surface area contributed by atoms with Crippen LogP contribution < -0.4 is 5.32 Å². The molecule has 0 spiro atoms. The average Bonchev–Trinajstić information content (AvgIpc) is 2.96. The second kappa shape index (κ2) is 6.20. The third-order valence-electron chi connectivity index (χ3n) is 4.05. The van der Waals surface area contributed by atoms with Gasteiger partial charge in [-0.25, -0.2) is 0 Å². The van der Waals surface area contributed by atoms with Gasteiger partial charge in [0, 0.05) is 10.3 Å². The summed E-state index contributed by atoms with van der Waals surface area (Å²) < 4.78 is 5.52.